The molecule has 0 bridgehead atoms. The lowest BCUT2D eigenvalue weighted by atomic mass is 9.85. The van der Waals surface area contributed by atoms with E-state index in [4.69, 9.17) is 11.6 Å². The molecule has 94 valence electrons. The summed E-state index contributed by atoms with van der Waals surface area (Å²) >= 11 is 5.79. The number of nitrogens with one attached hydrogen (secondary N) is 1. The Balaban J connectivity index is 2.10. The molecular weight excluding hydrogens is 238 g/mol. The highest BCUT2D eigenvalue weighted by atomic mass is 35.5. The first-order valence-electron chi connectivity index (χ1n) is 6.07. The van der Waals surface area contributed by atoms with Crippen molar-refractivity contribution in [3.8, 4) is 0 Å². The highest BCUT2D eigenvalue weighted by Crippen LogP contribution is 2.27. The van der Waals surface area contributed by atoms with Gasteiger partial charge in [0.1, 0.15) is 5.82 Å². The molecule has 1 aliphatic rings. The number of aliphatic hydroxyl groups is 1. The maximum atomic E-state index is 9.36. The zero-order valence-electron chi connectivity index (χ0n) is 9.99. The minimum Gasteiger partial charge on any atom is -0.396 e. The summed E-state index contributed by atoms with van der Waals surface area (Å²) in [6.07, 6.45) is 6.27. The molecule has 0 aliphatic heterocycles. The van der Waals surface area contributed by atoms with Crippen LogP contribution in [0, 0.1) is 12.8 Å². The third-order valence-electron chi connectivity index (χ3n) is 3.41. The Morgan fingerprint density at radius 3 is 3.00 bits per heavy atom. The van der Waals surface area contributed by atoms with Gasteiger partial charge in [-0.05, 0) is 31.4 Å². The molecule has 0 aromatic carbocycles. The van der Waals surface area contributed by atoms with Crippen molar-refractivity contribution < 1.29 is 5.11 Å². The second-order valence-electron chi connectivity index (χ2n) is 4.65. The Kier molecular flexibility index (Phi) is 4.18. The van der Waals surface area contributed by atoms with E-state index in [0.29, 0.717) is 12.0 Å². The summed E-state index contributed by atoms with van der Waals surface area (Å²) in [6, 6.07) is 0.290. The zero-order chi connectivity index (χ0) is 12.3. The highest BCUT2D eigenvalue weighted by molar-refractivity contribution is 6.28. The van der Waals surface area contributed by atoms with E-state index < -0.39 is 0 Å². The van der Waals surface area contributed by atoms with Gasteiger partial charge in [0.2, 0.25) is 5.28 Å². The van der Waals surface area contributed by atoms with Gasteiger partial charge in [-0.1, -0.05) is 12.8 Å². The molecule has 2 atom stereocenters. The van der Waals surface area contributed by atoms with Crippen molar-refractivity contribution in [2.75, 3.05) is 11.9 Å². The monoisotopic (exact) mass is 255 g/mol. The molecule has 2 N–H and O–H groups in total. The summed E-state index contributed by atoms with van der Waals surface area (Å²) in [7, 11) is 0. The third kappa shape index (κ3) is 3.07. The lowest BCUT2D eigenvalue weighted by molar-refractivity contribution is 0.178. The maximum Gasteiger partial charge on any atom is 0.224 e. The van der Waals surface area contributed by atoms with Crippen molar-refractivity contribution in [3.63, 3.8) is 0 Å². The van der Waals surface area contributed by atoms with Gasteiger partial charge >= 0.3 is 0 Å². The Morgan fingerprint density at radius 1 is 1.47 bits per heavy atom. The molecule has 2 rings (SSSR count). The van der Waals surface area contributed by atoms with Gasteiger partial charge in [0.15, 0.2) is 0 Å². The number of anilines is 1. The van der Waals surface area contributed by atoms with Gasteiger partial charge in [0.05, 0.1) is 0 Å². The molecule has 5 heteroatoms. The first kappa shape index (κ1) is 12.6. The van der Waals surface area contributed by atoms with Gasteiger partial charge < -0.3 is 10.4 Å². The number of rotatable bonds is 3. The van der Waals surface area contributed by atoms with Crippen LogP contribution >= 0.6 is 11.6 Å². The van der Waals surface area contributed by atoms with Crippen LogP contribution in [0.3, 0.4) is 0 Å². The second-order valence-corrected chi connectivity index (χ2v) is 4.99. The maximum absolute atomic E-state index is 9.36. The van der Waals surface area contributed by atoms with Crippen molar-refractivity contribution in [3.05, 3.63) is 17.0 Å². The average molecular weight is 256 g/mol. The smallest absolute Gasteiger partial charge is 0.224 e. The van der Waals surface area contributed by atoms with E-state index in [1.54, 1.807) is 6.20 Å². The molecule has 1 aromatic heterocycles. The van der Waals surface area contributed by atoms with Crippen molar-refractivity contribution in [2.24, 2.45) is 5.92 Å². The lowest BCUT2D eigenvalue weighted by Crippen LogP contribution is -2.34. The summed E-state index contributed by atoms with van der Waals surface area (Å²) in [5.74, 6) is 1.10. The largest absolute Gasteiger partial charge is 0.396 e. The Hall–Kier alpha value is -0.870. The van der Waals surface area contributed by atoms with E-state index in [9.17, 15) is 5.11 Å². The fourth-order valence-electron chi connectivity index (χ4n) is 2.36. The van der Waals surface area contributed by atoms with Crippen LogP contribution in [0.2, 0.25) is 5.28 Å². The number of aryl methyl sites for hydroxylation is 1. The standard InChI is InChI=1S/C12H18ClN3O/c1-8-6-14-12(13)16-11(8)15-10-5-3-2-4-9(10)7-17/h6,9-10,17H,2-5,7H2,1H3,(H,14,15,16). The predicted octanol–water partition coefficient (Wildman–Crippen LogP) is 2.40. The summed E-state index contributed by atoms with van der Waals surface area (Å²) in [5.41, 5.74) is 0.983. The van der Waals surface area contributed by atoms with E-state index in [2.05, 4.69) is 15.3 Å². The van der Waals surface area contributed by atoms with Gasteiger partial charge in [0.25, 0.3) is 0 Å². The number of hydrogen-bond donors (Lipinski definition) is 2. The number of aliphatic hydroxyl groups excluding tert-OH is 1. The van der Waals surface area contributed by atoms with Gasteiger partial charge in [-0.15, -0.1) is 0 Å². The van der Waals surface area contributed by atoms with E-state index in [1.807, 2.05) is 6.92 Å². The van der Waals surface area contributed by atoms with Crippen LogP contribution in [0.1, 0.15) is 31.2 Å². The quantitative estimate of drug-likeness (QED) is 0.815. The van der Waals surface area contributed by atoms with Gasteiger partial charge in [-0.25, -0.2) is 9.97 Å². The molecule has 0 amide bonds. The zero-order valence-corrected chi connectivity index (χ0v) is 10.7. The van der Waals surface area contributed by atoms with E-state index in [-0.39, 0.29) is 11.9 Å². The van der Waals surface area contributed by atoms with Crippen molar-refractivity contribution in [2.45, 2.75) is 38.6 Å². The van der Waals surface area contributed by atoms with Crippen molar-refractivity contribution in [1.29, 1.82) is 0 Å². The lowest BCUT2D eigenvalue weighted by Gasteiger charge is -2.31. The summed E-state index contributed by atoms with van der Waals surface area (Å²) < 4.78 is 0. The SMILES string of the molecule is Cc1cnc(Cl)nc1NC1CCCCC1CO. The first-order valence-corrected chi connectivity index (χ1v) is 6.45. The number of aromatic nitrogens is 2. The van der Waals surface area contributed by atoms with Crippen molar-refractivity contribution >= 4 is 17.4 Å². The fraction of sp³-hybridized carbons (Fsp3) is 0.667. The summed E-state index contributed by atoms with van der Waals surface area (Å²) in [5, 5.41) is 13.0. The normalized spacial score (nSPS) is 24.6. The topological polar surface area (TPSA) is 58.0 Å². The van der Waals surface area contributed by atoms with Crippen molar-refractivity contribution in [1.82, 2.24) is 9.97 Å². The molecule has 1 heterocycles. The predicted molar refractivity (Wildman–Crippen MR) is 68.2 cm³/mol. The fourth-order valence-corrected chi connectivity index (χ4v) is 2.49. The first-order chi connectivity index (χ1) is 8.20. The Labute approximate surface area is 106 Å². The number of nitrogens with zero attached hydrogens (tertiary/aromatic N) is 2. The molecule has 1 aliphatic carbocycles. The highest BCUT2D eigenvalue weighted by Gasteiger charge is 2.25. The molecule has 17 heavy (non-hydrogen) atoms. The van der Waals surface area contributed by atoms with Crippen LogP contribution < -0.4 is 5.32 Å². The van der Waals surface area contributed by atoms with Crippen LogP contribution in [-0.2, 0) is 0 Å². The van der Waals surface area contributed by atoms with Gasteiger partial charge in [0, 0.05) is 30.3 Å². The molecule has 1 saturated carbocycles. The Bertz CT molecular complexity index is 386. The van der Waals surface area contributed by atoms with Crippen LogP contribution in [0.15, 0.2) is 6.20 Å². The molecule has 4 nitrogen and oxygen atoms in total. The molecule has 2 unspecified atom stereocenters. The minimum atomic E-state index is 0.232. The van der Waals surface area contributed by atoms with E-state index >= 15 is 0 Å². The van der Waals surface area contributed by atoms with E-state index in [0.717, 1.165) is 24.2 Å². The van der Waals surface area contributed by atoms with Crippen LogP contribution in [-0.4, -0.2) is 27.7 Å². The molecule has 0 saturated heterocycles. The van der Waals surface area contributed by atoms with Gasteiger partial charge in [-0.2, -0.15) is 0 Å². The van der Waals surface area contributed by atoms with E-state index in [1.165, 1.54) is 12.8 Å². The summed E-state index contributed by atoms with van der Waals surface area (Å²) in [4.78, 5) is 8.13. The molecule has 1 aromatic rings. The van der Waals surface area contributed by atoms with Gasteiger partial charge in [-0.3, -0.25) is 0 Å². The number of halogens is 1. The van der Waals surface area contributed by atoms with Crippen LogP contribution in [0.5, 0.6) is 0 Å². The third-order valence-corrected chi connectivity index (χ3v) is 3.59. The van der Waals surface area contributed by atoms with Crippen LogP contribution in [0.4, 0.5) is 5.82 Å². The number of hydrogen-bond acceptors (Lipinski definition) is 4. The molecular formula is C12H18ClN3O. The average Bonchev–Trinajstić information content (AvgIpc) is 2.34. The summed E-state index contributed by atoms with van der Waals surface area (Å²) in [6.45, 7) is 2.19. The molecule has 1 fully saturated rings. The minimum absolute atomic E-state index is 0.232. The van der Waals surface area contributed by atoms with Crippen LogP contribution in [0.25, 0.3) is 0 Å². The molecule has 0 spiro atoms. The second kappa shape index (κ2) is 5.65. The molecule has 0 radical (unpaired) electrons. The Morgan fingerprint density at radius 2 is 2.24 bits per heavy atom.